The van der Waals surface area contributed by atoms with Crippen LogP contribution in [-0.2, 0) is 16.0 Å². The number of carbonyl (C=O) groups excluding carboxylic acids is 2. The summed E-state index contributed by atoms with van der Waals surface area (Å²) in [6.45, 7) is 7.43. The van der Waals surface area contributed by atoms with Crippen molar-refractivity contribution in [2.24, 2.45) is 0 Å². The number of anilines is 1. The van der Waals surface area contributed by atoms with E-state index < -0.39 is 0 Å². The van der Waals surface area contributed by atoms with Crippen molar-refractivity contribution in [1.29, 1.82) is 0 Å². The van der Waals surface area contributed by atoms with Gasteiger partial charge in [-0.3, -0.25) is 9.59 Å². The second-order valence-corrected chi connectivity index (χ2v) is 8.60. The van der Waals surface area contributed by atoms with Gasteiger partial charge in [-0.2, -0.15) is 4.98 Å². The van der Waals surface area contributed by atoms with Crippen LogP contribution in [0.3, 0.4) is 0 Å². The van der Waals surface area contributed by atoms with Gasteiger partial charge in [0.1, 0.15) is 13.2 Å². The molecule has 2 heterocycles. The van der Waals surface area contributed by atoms with E-state index in [1.54, 1.807) is 18.2 Å². The highest BCUT2D eigenvalue weighted by atomic mass is 16.6. The lowest BCUT2D eigenvalue weighted by Gasteiger charge is -2.21. The van der Waals surface area contributed by atoms with E-state index in [1.807, 2.05) is 19.1 Å². The molecule has 0 radical (unpaired) electrons. The van der Waals surface area contributed by atoms with Gasteiger partial charge in [0.2, 0.25) is 23.5 Å². The summed E-state index contributed by atoms with van der Waals surface area (Å²) >= 11 is 0. The van der Waals surface area contributed by atoms with Crippen LogP contribution in [0.1, 0.15) is 44.6 Å². The van der Waals surface area contributed by atoms with Gasteiger partial charge < -0.3 is 24.2 Å². The molecule has 0 saturated heterocycles. The standard InChI is InChI=1S/C26H30N4O5/c1-4-30(16-23(31)27-20-9-10-21-22(15-20)34-14-13-33-21)25(32)12-11-24-28-26(29-35-24)19-7-5-18(6-8-19)17(2)3/h5-10,15,17H,4,11-14,16H2,1-3H3,(H,27,31). The van der Waals surface area contributed by atoms with Gasteiger partial charge >= 0.3 is 0 Å². The van der Waals surface area contributed by atoms with E-state index in [2.05, 4.69) is 41.4 Å². The summed E-state index contributed by atoms with van der Waals surface area (Å²) < 4.78 is 16.4. The Hall–Kier alpha value is -3.88. The number of hydrogen-bond donors (Lipinski definition) is 1. The van der Waals surface area contributed by atoms with Crippen molar-refractivity contribution in [3.8, 4) is 22.9 Å². The van der Waals surface area contributed by atoms with Gasteiger partial charge in [0.05, 0.1) is 6.54 Å². The third-order valence-electron chi connectivity index (χ3n) is 5.75. The van der Waals surface area contributed by atoms with Crippen molar-refractivity contribution < 1.29 is 23.6 Å². The Morgan fingerprint density at radius 2 is 1.80 bits per heavy atom. The maximum absolute atomic E-state index is 12.7. The highest BCUT2D eigenvalue weighted by Gasteiger charge is 2.19. The van der Waals surface area contributed by atoms with Gasteiger partial charge in [0.15, 0.2) is 11.5 Å². The van der Waals surface area contributed by atoms with Gasteiger partial charge in [-0.25, -0.2) is 0 Å². The number of rotatable bonds is 9. The zero-order chi connectivity index (χ0) is 24.8. The SMILES string of the molecule is CCN(CC(=O)Nc1ccc2c(c1)OCCO2)C(=O)CCc1nc(-c2ccc(C(C)C)cc2)no1. The molecule has 1 aliphatic rings. The molecule has 184 valence electrons. The van der Waals surface area contributed by atoms with Crippen LogP contribution in [0.15, 0.2) is 47.0 Å². The molecule has 9 nitrogen and oxygen atoms in total. The van der Waals surface area contributed by atoms with E-state index in [1.165, 1.54) is 10.5 Å². The fraction of sp³-hybridized carbons (Fsp3) is 0.385. The Morgan fingerprint density at radius 3 is 2.51 bits per heavy atom. The second kappa shape index (κ2) is 11.0. The topological polar surface area (TPSA) is 107 Å². The van der Waals surface area contributed by atoms with E-state index in [4.69, 9.17) is 14.0 Å². The highest BCUT2D eigenvalue weighted by molar-refractivity contribution is 5.94. The third kappa shape index (κ3) is 6.17. The summed E-state index contributed by atoms with van der Waals surface area (Å²) in [6.07, 6.45) is 0.468. The van der Waals surface area contributed by atoms with Gasteiger partial charge in [0, 0.05) is 36.7 Å². The molecule has 1 aliphatic heterocycles. The summed E-state index contributed by atoms with van der Waals surface area (Å²) in [4.78, 5) is 31.2. The monoisotopic (exact) mass is 478 g/mol. The Kier molecular flexibility index (Phi) is 7.64. The molecule has 1 N–H and O–H groups in total. The van der Waals surface area contributed by atoms with Gasteiger partial charge in [-0.05, 0) is 30.5 Å². The summed E-state index contributed by atoms with van der Waals surface area (Å²) in [5, 5.41) is 6.84. The maximum atomic E-state index is 12.7. The number of fused-ring (bicyclic) bond motifs is 1. The Labute approximate surface area is 204 Å². The minimum atomic E-state index is -0.290. The predicted octanol–water partition coefficient (Wildman–Crippen LogP) is 4.05. The number of benzene rings is 2. The molecule has 2 amide bonds. The van der Waals surface area contributed by atoms with Gasteiger partial charge in [0.25, 0.3) is 0 Å². The number of amides is 2. The number of hydrogen-bond acceptors (Lipinski definition) is 7. The number of aryl methyl sites for hydroxylation is 1. The van der Waals surface area contributed by atoms with Crippen LogP contribution in [-0.4, -0.2) is 53.2 Å². The van der Waals surface area contributed by atoms with Crippen LogP contribution in [0.25, 0.3) is 11.4 Å². The Bertz CT molecular complexity index is 1170. The number of nitrogens with zero attached hydrogens (tertiary/aromatic N) is 3. The average molecular weight is 479 g/mol. The van der Waals surface area contributed by atoms with Crippen molar-refractivity contribution in [2.45, 2.75) is 39.5 Å². The Morgan fingerprint density at radius 1 is 1.06 bits per heavy atom. The fourth-order valence-corrected chi connectivity index (χ4v) is 3.73. The minimum Gasteiger partial charge on any atom is -0.486 e. The average Bonchev–Trinajstić information content (AvgIpc) is 3.35. The number of nitrogens with one attached hydrogen (secondary N) is 1. The summed E-state index contributed by atoms with van der Waals surface area (Å²) in [7, 11) is 0. The van der Waals surface area contributed by atoms with Crippen molar-refractivity contribution in [3.05, 3.63) is 53.9 Å². The van der Waals surface area contributed by atoms with Crippen LogP contribution in [0.4, 0.5) is 5.69 Å². The number of ether oxygens (including phenoxy) is 2. The normalized spacial score (nSPS) is 12.5. The molecule has 0 fully saturated rings. The highest BCUT2D eigenvalue weighted by Crippen LogP contribution is 2.32. The van der Waals surface area contributed by atoms with Crippen LogP contribution < -0.4 is 14.8 Å². The van der Waals surface area contributed by atoms with E-state index in [0.29, 0.717) is 61.0 Å². The number of likely N-dealkylation sites (N-methyl/N-ethyl adjacent to an activating group) is 1. The largest absolute Gasteiger partial charge is 0.486 e. The molecule has 2 aromatic carbocycles. The third-order valence-corrected chi connectivity index (χ3v) is 5.75. The van der Waals surface area contributed by atoms with E-state index in [9.17, 15) is 9.59 Å². The van der Waals surface area contributed by atoms with Crippen molar-refractivity contribution >= 4 is 17.5 Å². The number of carbonyl (C=O) groups is 2. The lowest BCUT2D eigenvalue weighted by atomic mass is 10.0. The predicted molar refractivity (Wildman–Crippen MR) is 130 cm³/mol. The van der Waals surface area contributed by atoms with Crippen LogP contribution in [0.2, 0.25) is 0 Å². The first-order valence-electron chi connectivity index (χ1n) is 11.8. The fourth-order valence-electron chi connectivity index (χ4n) is 3.73. The molecule has 1 aromatic heterocycles. The minimum absolute atomic E-state index is 0.0545. The lowest BCUT2D eigenvalue weighted by Crippen LogP contribution is -2.38. The molecule has 0 unspecified atom stereocenters. The van der Waals surface area contributed by atoms with Crippen LogP contribution in [0, 0.1) is 0 Å². The molecule has 9 heteroatoms. The lowest BCUT2D eigenvalue weighted by molar-refractivity contribution is -0.134. The molecule has 0 bridgehead atoms. The first kappa shape index (κ1) is 24.3. The molecule has 3 aromatic rings. The molecule has 35 heavy (non-hydrogen) atoms. The number of aromatic nitrogens is 2. The molecular weight excluding hydrogens is 448 g/mol. The first-order valence-corrected chi connectivity index (χ1v) is 11.8. The van der Waals surface area contributed by atoms with Crippen molar-refractivity contribution in [2.75, 3.05) is 31.6 Å². The van der Waals surface area contributed by atoms with Crippen molar-refractivity contribution in [3.63, 3.8) is 0 Å². The maximum Gasteiger partial charge on any atom is 0.243 e. The smallest absolute Gasteiger partial charge is 0.243 e. The summed E-state index contributed by atoms with van der Waals surface area (Å²) in [5.41, 5.74) is 2.69. The Balaban J connectivity index is 1.29. The quantitative estimate of drug-likeness (QED) is 0.494. The first-order chi connectivity index (χ1) is 16.9. The molecule has 0 saturated carbocycles. The van der Waals surface area contributed by atoms with E-state index >= 15 is 0 Å². The molecular formula is C26H30N4O5. The zero-order valence-corrected chi connectivity index (χ0v) is 20.2. The summed E-state index contributed by atoms with van der Waals surface area (Å²) in [5.74, 6) is 2.12. The van der Waals surface area contributed by atoms with E-state index in [-0.39, 0.29) is 24.8 Å². The zero-order valence-electron chi connectivity index (χ0n) is 20.2. The molecule has 0 spiro atoms. The van der Waals surface area contributed by atoms with Crippen LogP contribution >= 0.6 is 0 Å². The summed E-state index contributed by atoms with van der Waals surface area (Å²) in [6, 6.07) is 13.2. The van der Waals surface area contributed by atoms with Gasteiger partial charge in [-0.1, -0.05) is 43.3 Å². The second-order valence-electron chi connectivity index (χ2n) is 8.60. The van der Waals surface area contributed by atoms with Gasteiger partial charge in [-0.15, -0.1) is 0 Å². The molecule has 4 rings (SSSR count). The molecule has 0 atom stereocenters. The molecule has 0 aliphatic carbocycles. The van der Waals surface area contributed by atoms with Crippen molar-refractivity contribution in [1.82, 2.24) is 15.0 Å². The van der Waals surface area contributed by atoms with E-state index in [0.717, 1.165) is 5.56 Å². The van der Waals surface area contributed by atoms with Crippen LogP contribution in [0.5, 0.6) is 11.5 Å².